The summed E-state index contributed by atoms with van der Waals surface area (Å²) in [5, 5.41) is 0. The monoisotopic (exact) mass is 333 g/mol. The van der Waals surface area contributed by atoms with Gasteiger partial charge in [-0.1, -0.05) is 0 Å². The van der Waals surface area contributed by atoms with Crippen LogP contribution in [-0.2, 0) is 0 Å². The fourth-order valence-corrected chi connectivity index (χ4v) is 1.71. The Morgan fingerprint density at radius 3 is 1.57 bits per heavy atom. The molecular weight excluding hydrogens is 325 g/mol. The summed E-state index contributed by atoms with van der Waals surface area (Å²) in [7, 11) is 0. The third-order valence-corrected chi connectivity index (χ3v) is 2.80. The third kappa shape index (κ3) is 2.70. The Bertz CT molecular complexity index is 774. The van der Waals surface area contributed by atoms with Crippen molar-refractivity contribution in [1.82, 2.24) is 0 Å². The van der Waals surface area contributed by atoms with E-state index in [1.807, 2.05) is 0 Å². The van der Waals surface area contributed by atoms with E-state index in [4.69, 9.17) is 17.2 Å². The minimum Gasteiger partial charge on any atom is -0.447 e. The number of benzene rings is 2. The zero-order chi connectivity index (χ0) is 17.5. The number of nitrogens with two attached hydrogens (primary N) is 3. The summed E-state index contributed by atoms with van der Waals surface area (Å²) in [6, 6.07) is 1.94. The summed E-state index contributed by atoms with van der Waals surface area (Å²) in [6.45, 7) is 0. The number of halogens is 5. The number of hydrogen-bond donors (Lipinski definition) is 3. The van der Waals surface area contributed by atoms with E-state index >= 15 is 0 Å². The van der Waals surface area contributed by atoms with Crippen LogP contribution in [-0.4, -0.2) is 5.91 Å². The number of carbonyl (C=O) groups excluding carboxylic acids is 1. The quantitative estimate of drug-likeness (QED) is 0.347. The minimum absolute atomic E-state index is 0.134. The fourth-order valence-electron chi connectivity index (χ4n) is 1.71. The van der Waals surface area contributed by atoms with Crippen molar-refractivity contribution in [2.45, 2.75) is 0 Å². The van der Waals surface area contributed by atoms with Crippen LogP contribution in [0, 0.1) is 29.1 Å². The van der Waals surface area contributed by atoms with Crippen molar-refractivity contribution in [2.24, 2.45) is 5.73 Å². The van der Waals surface area contributed by atoms with Gasteiger partial charge in [-0.3, -0.25) is 4.79 Å². The average Bonchev–Trinajstić information content (AvgIpc) is 2.49. The molecule has 2 aromatic rings. The Morgan fingerprint density at radius 1 is 0.783 bits per heavy atom. The summed E-state index contributed by atoms with van der Waals surface area (Å²) in [5.74, 6) is -14.2. The SMILES string of the molecule is NC(=O)c1cc(N)c(Oc2c(F)c(F)c(F)c(F)c2F)c(N)c1. The zero-order valence-corrected chi connectivity index (χ0v) is 11.1. The second-order valence-electron chi connectivity index (χ2n) is 4.35. The van der Waals surface area contributed by atoms with E-state index in [0.717, 1.165) is 12.1 Å². The molecule has 2 rings (SSSR count). The number of rotatable bonds is 3. The lowest BCUT2D eigenvalue weighted by Gasteiger charge is -2.14. The van der Waals surface area contributed by atoms with E-state index in [2.05, 4.69) is 4.74 Å². The molecule has 6 N–H and O–H groups in total. The van der Waals surface area contributed by atoms with Gasteiger partial charge in [0.25, 0.3) is 0 Å². The van der Waals surface area contributed by atoms with Gasteiger partial charge < -0.3 is 21.9 Å². The van der Waals surface area contributed by atoms with Gasteiger partial charge in [0, 0.05) is 5.56 Å². The van der Waals surface area contributed by atoms with Gasteiger partial charge in [0.1, 0.15) is 0 Å². The number of nitrogen functional groups attached to an aromatic ring is 2. The second kappa shape index (κ2) is 5.63. The number of anilines is 2. The molecule has 0 aliphatic carbocycles. The second-order valence-corrected chi connectivity index (χ2v) is 4.35. The van der Waals surface area contributed by atoms with Gasteiger partial charge in [-0.2, -0.15) is 8.78 Å². The van der Waals surface area contributed by atoms with E-state index in [1.54, 1.807) is 0 Å². The molecule has 0 bridgehead atoms. The summed E-state index contributed by atoms with van der Waals surface area (Å²) < 4.78 is 70.9. The first kappa shape index (κ1) is 16.3. The molecular formula is C13H8F5N3O2. The number of hydrogen-bond acceptors (Lipinski definition) is 4. The normalized spacial score (nSPS) is 10.7. The molecule has 23 heavy (non-hydrogen) atoms. The van der Waals surface area contributed by atoms with Crippen molar-refractivity contribution in [2.75, 3.05) is 11.5 Å². The first-order valence-corrected chi connectivity index (χ1v) is 5.83. The average molecular weight is 333 g/mol. The maximum Gasteiger partial charge on any atom is 0.248 e. The summed E-state index contributed by atoms with van der Waals surface area (Å²) >= 11 is 0. The smallest absolute Gasteiger partial charge is 0.248 e. The lowest BCUT2D eigenvalue weighted by atomic mass is 10.1. The van der Waals surface area contributed by atoms with Crippen LogP contribution in [0.4, 0.5) is 33.3 Å². The van der Waals surface area contributed by atoms with Crippen molar-refractivity contribution in [3.05, 3.63) is 46.8 Å². The van der Waals surface area contributed by atoms with Gasteiger partial charge in [-0.15, -0.1) is 0 Å². The highest BCUT2D eigenvalue weighted by molar-refractivity contribution is 5.96. The van der Waals surface area contributed by atoms with Crippen LogP contribution in [0.15, 0.2) is 12.1 Å². The molecule has 0 atom stereocenters. The first-order chi connectivity index (χ1) is 10.6. The van der Waals surface area contributed by atoms with Gasteiger partial charge in [0.2, 0.25) is 40.7 Å². The molecule has 0 aliphatic heterocycles. The molecule has 122 valence electrons. The molecule has 0 heterocycles. The van der Waals surface area contributed by atoms with Crippen molar-refractivity contribution >= 4 is 17.3 Å². The van der Waals surface area contributed by atoms with Crippen molar-refractivity contribution in [3.8, 4) is 11.5 Å². The van der Waals surface area contributed by atoms with Crippen LogP contribution in [0.3, 0.4) is 0 Å². The Balaban J connectivity index is 2.59. The maximum absolute atomic E-state index is 13.6. The molecule has 0 aliphatic rings. The van der Waals surface area contributed by atoms with Crippen LogP contribution < -0.4 is 21.9 Å². The molecule has 1 amide bonds. The molecule has 2 aromatic carbocycles. The molecule has 0 aromatic heterocycles. The Labute approximate surface area is 125 Å². The van der Waals surface area contributed by atoms with E-state index in [0.29, 0.717) is 0 Å². The molecule has 0 radical (unpaired) electrons. The molecule has 0 unspecified atom stereocenters. The Morgan fingerprint density at radius 2 is 1.17 bits per heavy atom. The van der Waals surface area contributed by atoms with Gasteiger partial charge in [-0.25, -0.2) is 13.2 Å². The summed E-state index contributed by atoms with van der Waals surface area (Å²) in [4.78, 5) is 11.0. The highest BCUT2D eigenvalue weighted by Gasteiger charge is 2.28. The molecule has 5 nitrogen and oxygen atoms in total. The fraction of sp³-hybridized carbons (Fsp3) is 0. The van der Waals surface area contributed by atoms with Gasteiger partial charge in [0.05, 0.1) is 11.4 Å². The van der Waals surface area contributed by atoms with Gasteiger partial charge >= 0.3 is 0 Å². The topological polar surface area (TPSA) is 104 Å². The minimum atomic E-state index is -2.34. The first-order valence-electron chi connectivity index (χ1n) is 5.83. The predicted octanol–water partition coefficient (Wildman–Crippen LogP) is 2.44. The summed E-state index contributed by atoms with van der Waals surface area (Å²) in [6.07, 6.45) is 0. The van der Waals surface area contributed by atoms with Crippen LogP contribution in [0.25, 0.3) is 0 Å². The highest BCUT2D eigenvalue weighted by atomic mass is 19.2. The van der Waals surface area contributed by atoms with Crippen molar-refractivity contribution in [3.63, 3.8) is 0 Å². The number of ether oxygens (including phenoxy) is 1. The predicted molar refractivity (Wildman–Crippen MR) is 70.1 cm³/mol. The van der Waals surface area contributed by atoms with Crippen LogP contribution in [0.5, 0.6) is 11.5 Å². The van der Waals surface area contributed by atoms with Gasteiger partial charge in [0.15, 0.2) is 5.75 Å². The van der Waals surface area contributed by atoms with E-state index in [-0.39, 0.29) is 16.9 Å². The standard InChI is InChI=1S/C13H8F5N3O2/c14-6-7(15)9(17)12(10(18)8(6)16)23-11-4(19)1-3(13(21)22)2-5(11)20/h1-2H,19-20H2,(H2,21,22). The Hall–Kier alpha value is -3.04. The van der Waals surface area contributed by atoms with Crippen LogP contribution in [0.2, 0.25) is 0 Å². The molecule has 0 saturated carbocycles. The lowest BCUT2D eigenvalue weighted by molar-refractivity contribution is 0.100. The van der Waals surface area contributed by atoms with E-state index in [1.165, 1.54) is 0 Å². The molecule has 0 saturated heterocycles. The zero-order valence-electron chi connectivity index (χ0n) is 11.1. The Kier molecular flexibility index (Phi) is 4.00. The van der Waals surface area contributed by atoms with Crippen LogP contribution >= 0.6 is 0 Å². The van der Waals surface area contributed by atoms with Crippen LogP contribution in [0.1, 0.15) is 10.4 Å². The van der Waals surface area contributed by atoms with E-state index in [9.17, 15) is 26.7 Å². The van der Waals surface area contributed by atoms with Gasteiger partial charge in [-0.05, 0) is 12.1 Å². The molecule has 0 fully saturated rings. The van der Waals surface area contributed by atoms with Crippen molar-refractivity contribution < 1.29 is 31.5 Å². The third-order valence-electron chi connectivity index (χ3n) is 2.80. The molecule has 0 spiro atoms. The summed E-state index contributed by atoms with van der Waals surface area (Å²) in [5.41, 5.74) is 15.1. The number of primary amides is 1. The van der Waals surface area contributed by atoms with E-state index < -0.39 is 46.5 Å². The lowest BCUT2D eigenvalue weighted by Crippen LogP contribution is -2.13. The highest BCUT2D eigenvalue weighted by Crippen LogP contribution is 2.38. The largest absolute Gasteiger partial charge is 0.447 e. The maximum atomic E-state index is 13.6. The number of amides is 1. The number of carbonyl (C=O) groups is 1. The molecule has 10 heteroatoms. The van der Waals surface area contributed by atoms with Crippen molar-refractivity contribution in [1.29, 1.82) is 0 Å².